The third-order valence-electron chi connectivity index (χ3n) is 4.61. The fourth-order valence-electron chi connectivity index (χ4n) is 3.28. The van der Waals surface area contributed by atoms with Gasteiger partial charge < -0.3 is 4.74 Å². The third-order valence-corrected chi connectivity index (χ3v) is 4.61. The molecule has 0 spiro atoms. The van der Waals surface area contributed by atoms with E-state index in [1.165, 1.54) is 16.8 Å². The Kier molecular flexibility index (Phi) is 4.46. The zero-order valence-electron chi connectivity index (χ0n) is 13.9. The average molecular weight is 310 g/mol. The molecule has 5 heteroatoms. The van der Waals surface area contributed by atoms with Crippen LogP contribution in [0.25, 0.3) is 0 Å². The Morgan fingerprint density at radius 3 is 2.65 bits per heavy atom. The van der Waals surface area contributed by atoms with Gasteiger partial charge in [-0.25, -0.2) is 0 Å². The van der Waals surface area contributed by atoms with E-state index in [4.69, 9.17) is 10.00 Å². The van der Waals surface area contributed by atoms with Gasteiger partial charge in [-0.1, -0.05) is 12.1 Å². The first kappa shape index (κ1) is 15.7. The van der Waals surface area contributed by atoms with E-state index in [-0.39, 0.29) is 6.04 Å². The van der Waals surface area contributed by atoms with E-state index in [2.05, 4.69) is 29.9 Å². The van der Waals surface area contributed by atoms with E-state index in [1.54, 1.807) is 0 Å². The molecule has 1 aromatic carbocycles. The van der Waals surface area contributed by atoms with E-state index in [1.807, 2.05) is 36.0 Å². The van der Waals surface area contributed by atoms with E-state index < -0.39 is 0 Å². The quantitative estimate of drug-likeness (QED) is 0.874. The summed E-state index contributed by atoms with van der Waals surface area (Å²) in [6, 6.07) is 10.2. The smallest absolute Gasteiger partial charge is 0.0991 e. The van der Waals surface area contributed by atoms with Crippen LogP contribution in [0.4, 0.5) is 0 Å². The maximum Gasteiger partial charge on any atom is 0.0991 e. The van der Waals surface area contributed by atoms with Crippen LogP contribution in [0.5, 0.6) is 0 Å². The van der Waals surface area contributed by atoms with Crippen LogP contribution in [-0.2, 0) is 18.3 Å². The minimum absolute atomic E-state index is 0.230. The number of ether oxygens (including phenoxy) is 1. The molecule has 120 valence electrons. The standard InChI is InChI=1S/C18H22N4O/c1-13-18(14(2)21(3)20-13)17-12-23-9-8-22(17)11-16-6-4-15(10-19)5-7-16/h4-7,17H,8-9,11-12H2,1-3H3/t17-/m0/s1. The molecule has 0 aliphatic carbocycles. The van der Waals surface area contributed by atoms with E-state index in [0.29, 0.717) is 12.2 Å². The highest BCUT2D eigenvalue weighted by atomic mass is 16.5. The highest BCUT2D eigenvalue weighted by Gasteiger charge is 2.29. The molecule has 1 atom stereocenters. The summed E-state index contributed by atoms with van der Waals surface area (Å²) in [5.41, 5.74) is 5.47. The molecule has 1 aliphatic heterocycles. The molecule has 0 saturated carbocycles. The highest BCUT2D eigenvalue weighted by molar-refractivity contribution is 5.32. The lowest BCUT2D eigenvalue weighted by atomic mass is 10.0. The summed E-state index contributed by atoms with van der Waals surface area (Å²) in [5.74, 6) is 0. The summed E-state index contributed by atoms with van der Waals surface area (Å²) in [6.45, 7) is 7.39. The van der Waals surface area contributed by atoms with Gasteiger partial charge in [0.25, 0.3) is 0 Å². The lowest BCUT2D eigenvalue weighted by Gasteiger charge is -2.36. The fraction of sp³-hybridized carbons (Fsp3) is 0.444. The van der Waals surface area contributed by atoms with Gasteiger partial charge in [-0.2, -0.15) is 10.4 Å². The molecular weight excluding hydrogens is 288 g/mol. The molecule has 23 heavy (non-hydrogen) atoms. The van der Waals surface area contributed by atoms with Crippen molar-refractivity contribution in [2.24, 2.45) is 7.05 Å². The zero-order valence-corrected chi connectivity index (χ0v) is 13.9. The van der Waals surface area contributed by atoms with Crippen LogP contribution >= 0.6 is 0 Å². The van der Waals surface area contributed by atoms with Crippen LogP contribution in [-0.4, -0.2) is 34.4 Å². The predicted octanol–water partition coefficient (Wildman–Crippen LogP) is 2.48. The SMILES string of the molecule is Cc1nn(C)c(C)c1[C@@H]1COCCN1Cc1ccc(C#N)cc1. The van der Waals surface area contributed by atoms with Crippen LogP contribution in [0.1, 0.15) is 34.1 Å². The van der Waals surface area contributed by atoms with Gasteiger partial charge in [-0.3, -0.25) is 9.58 Å². The number of morpholine rings is 1. The Morgan fingerprint density at radius 2 is 2.04 bits per heavy atom. The van der Waals surface area contributed by atoms with Crippen molar-refractivity contribution in [2.75, 3.05) is 19.8 Å². The molecule has 2 aromatic rings. The summed E-state index contributed by atoms with van der Waals surface area (Å²) in [7, 11) is 1.99. The highest BCUT2D eigenvalue weighted by Crippen LogP contribution is 2.30. The van der Waals surface area contributed by atoms with Gasteiger partial charge in [0.15, 0.2) is 0 Å². The molecule has 1 aromatic heterocycles. The summed E-state index contributed by atoms with van der Waals surface area (Å²) in [5, 5.41) is 13.5. The number of benzene rings is 1. The Morgan fingerprint density at radius 1 is 1.30 bits per heavy atom. The van der Waals surface area contributed by atoms with Gasteiger partial charge in [0.1, 0.15) is 0 Å². The van der Waals surface area contributed by atoms with Crippen molar-refractivity contribution < 1.29 is 4.74 Å². The van der Waals surface area contributed by atoms with Crippen LogP contribution in [0.15, 0.2) is 24.3 Å². The number of hydrogen-bond donors (Lipinski definition) is 0. The van der Waals surface area contributed by atoms with E-state index in [9.17, 15) is 0 Å². The Bertz CT molecular complexity index is 727. The molecular formula is C18H22N4O. The van der Waals surface area contributed by atoms with Crippen LogP contribution in [0, 0.1) is 25.2 Å². The van der Waals surface area contributed by atoms with Crippen molar-refractivity contribution in [3.8, 4) is 6.07 Å². The predicted molar refractivity (Wildman–Crippen MR) is 87.8 cm³/mol. The monoisotopic (exact) mass is 310 g/mol. The molecule has 2 heterocycles. The average Bonchev–Trinajstić information content (AvgIpc) is 2.81. The van der Waals surface area contributed by atoms with Crippen molar-refractivity contribution >= 4 is 0 Å². The second-order valence-electron chi connectivity index (χ2n) is 6.08. The van der Waals surface area contributed by atoms with Crippen LogP contribution in [0.2, 0.25) is 0 Å². The first-order valence-electron chi connectivity index (χ1n) is 7.91. The van der Waals surface area contributed by atoms with Crippen molar-refractivity contribution in [1.29, 1.82) is 5.26 Å². The Labute approximate surface area is 137 Å². The van der Waals surface area contributed by atoms with Crippen molar-refractivity contribution in [2.45, 2.75) is 26.4 Å². The third kappa shape index (κ3) is 3.14. The van der Waals surface area contributed by atoms with Gasteiger partial charge in [-0.15, -0.1) is 0 Å². The van der Waals surface area contributed by atoms with Crippen molar-refractivity contribution in [1.82, 2.24) is 14.7 Å². The Hall–Kier alpha value is -2.16. The summed E-state index contributed by atoms with van der Waals surface area (Å²) >= 11 is 0. The fourth-order valence-corrected chi connectivity index (χ4v) is 3.28. The topological polar surface area (TPSA) is 54.1 Å². The zero-order chi connectivity index (χ0) is 16.4. The lowest BCUT2D eigenvalue weighted by molar-refractivity contribution is -0.0132. The van der Waals surface area contributed by atoms with E-state index >= 15 is 0 Å². The molecule has 5 nitrogen and oxygen atoms in total. The van der Waals surface area contributed by atoms with Crippen LogP contribution in [0.3, 0.4) is 0 Å². The molecule has 0 N–H and O–H groups in total. The number of hydrogen-bond acceptors (Lipinski definition) is 4. The summed E-state index contributed by atoms with van der Waals surface area (Å²) < 4.78 is 7.68. The minimum atomic E-state index is 0.230. The largest absolute Gasteiger partial charge is 0.378 e. The van der Waals surface area contributed by atoms with Gasteiger partial charge in [0, 0.05) is 31.4 Å². The number of aromatic nitrogens is 2. The first-order chi connectivity index (χ1) is 11.1. The number of nitriles is 1. The van der Waals surface area contributed by atoms with E-state index in [0.717, 1.165) is 25.4 Å². The summed E-state index contributed by atoms with van der Waals surface area (Å²) in [4.78, 5) is 2.45. The molecule has 1 aliphatic rings. The van der Waals surface area contributed by atoms with Gasteiger partial charge in [-0.05, 0) is 31.5 Å². The second-order valence-corrected chi connectivity index (χ2v) is 6.08. The second kappa shape index (κ2) is 6.53. The molecule has 0 amide bonds. The van der Waals surface area contributed by atoms with Gasteiger partial charge in [0.2, 0.25) is 0 Å². The van der Waals surface area contributed by atoms with Crippen molar-refractivity contribution in [3.63, 3.8) is 0 Å². The first-order valence-corrected chi connectivity index (χ1v) is 7.91. The molecule has 0 bridgehead atoms. The molecule has 3 rings (SSSR count). The maximum atomic E-state index is 8.92. The molecule has 1 fully saturated rings. The van der Waals surface area contributed by atoms with Crippen molar-refractivity contribution in [3.05, 3.63) is 52.3 Å². The Balaban J connectivity index is 1.85. The number of nitrogens with zero attached hydrogens (tertiary/aromatic N) is 4. The van der Waals surface area contributed by atoms with Gasteiger partial charge >= 0.3 is 0 Å². The lowest BCUT2D eigenvalue weighted by Crippen LogP contribution is -2.39. The molecule has 1 saturated heterocycles. The number of rotatable bonds is 3. The minimum Gasteiger partial charge on any atom is -0.378 e. The maximum absolute atomic E-state index is 8.92. The molecule has 0 unspecified atom stereocenters. The molecule has 0 radical (unpaired) electrons. The normalized spacial score (nSPS) is 18.8. The van der Waals surface area contributed by atoms with Gasteiger partial charge in [0.05, 0.1) is 36.6 Å². The summed E-state index contributed by atoms with van der Waals surface area (Å²) in [6.07, 6.45) is 0. The van der Waals surface area contributed by atoms with Crippen LogP contribution < -0.4 is 0 Å². The number of aryl methyl sites for hydroxylation is 2.